The number of nitrogens with zero attached hydrogens (tertiary/aromatic N) is 1. The SMILES string of the molecule is COc1ccc(CN2CC=Cc3ccccc32)cc1. The van der Waals surface area contributed by atoms with E-state index >= 15 is 0 Å². The van der Waals surface area contributed by atoms with Crippen molar-refractivity contribution < 1.29 is 4.74 Å². The maximum atomic E-state index is 5.19. The summed E-state index contributed by atoms with van der Waals surface area (Å²) in [6.45, 7) is 1.88. The van der Waals surface area contributed by atoms with Crippen molar-refractivity contribution in [3.63, 3.8) is 0 Å². The van der Waals surface area contributed by atoms with Crippen LogP contribution in [0.4, 0.5) is 5.69 Å². The van der Waals surface area contributed by atoms with Gasteiger partial charge < -0.3 is 9.64 Å². The van der Waals surface area contributed by atoms with Gasteiger partial charge in [-0.25, -0.2) is 0 Å². The lowest BCUT2D eigenvalue weighted by molar-refractivity contribution is 0.414. The molecule has 0 aliphatic carbocycles. The Hall–Kier alpha value is -2.22. The number of rotatable bonds is 3. The first-order valence-electron chi connectivity index (χ1n) is 6.50. The van der Waals surface area contributed by atoms with E-state index in [0.717, 1.165) is 18.8 Å². The average molecular weight is 251 g/mol. The van der Waals surface area contributed by atoms with E-state index in [2.05, 4.69) is 53.5 Å². The Labute approximate surface area is 113 Å². The minimum Gasteiger partial charge on any atom is -0.497 e. The number of hydrogen-bond acceptors (Lipinski definition) is 2. The van der Waals surface area contributed by atoms with Crippen LogP contribution in [0.1, 0.15) is 11.1 Å². The largest absolute Gasteiger partial charge is 0.497 e. The quantitative estimate of drug-likeness (QED) is 0.824. The van der Waals surface area contributed by atoms with Crippen LogP contribution < -0.4 is 9.64 Å². The first kappa shape index (κ1) is 11.8. The molecular weight excluding hydrogens is 234 g/mol. The van der Waals surface area contributed by atoms with Gasteiger partial charge in [0.05, 0.1) is 7.11 Å². The van der Waals surface area contributed by atoms with Crippen LogP contribution in [0.5, 0.6) is 5.75 Å². The van der Waals surface area contributed by atoms with Crippen molar-refractivity contribution in [1.29, 1.82) is 0 Å². The smallest absolute Gasteiger partial charge is 0.118 e. The van der Waals surface area contributed by atoms with Gasteiger partial charge >= 0.3 is 0 Å². The molecule has 0 amide bonds. The molecule has 2 aromatic rings. The molecule has 0 radical (unpaired) electrons. The Morgan fingerprint density at radius 1 is 1.05 bits per heavy atom. The second kappa shape index (κ2) is 5.19. The summed E-state index contributed by atoms with van der Waals surface area (Å²) in [6, 6.07) is 16.8. The van der Waals surface area contributed by atoms with Gasteiger partial charge in [0, 0.05) is 18.8 Å². The van der Waals surface area contributed by atoms with Gasteiger partial charge in [0.15, 0.2) is 0 Å². The van der Waals surface area contributed by atoms with Crippen molar-refractivity contribution in [3.05, 3.63) is 65.7 Å². The van der Waals surface area contributed by atoms with E-state index in [0.29, 0.717) is 0 Å². The van der Waals surface area contributed by atoms with Crippen LogP contribution in [0.15, 0.2) is 54.6 Å². The van der Waals surface area contributed by atoms with E-state index in [1.54, 1.807) is 7.11 Å². The van der Waals surface area contributed by atoms with Crippen LogP contribution in [0, 0.1) is 0 Å². The molecule has 2 heteroatoms. The number of methoxy groups -OCH3 is 1. The topological polar surface area (TPSA) is 12.5 Å². The number of benzene rings is 2. The Kier molecular flexibility index (Phi) is 3.23. The van der Waals surface area contributed by atoms with Gasteiger partial charge in [-0.3, -0.25) is 0 Å². The molecule has 3 rings (SSSR count). The van der Waals surface area contributed by atoms with E-state index in [4.69, 9.17) is 4.74 Å². The highest BCUT2D eigenvalue weighted by atomic mass is 16.5. The van der Waals surface area contributed by atoms with Crippen molar-refractivity contribution in [2.75, 3.05) is 18.6 Å². The van der Waals surface area contributed by atoms with Crippen molar-refractivity contribution in [1.82, 2.24) is 0 Å². The molecule has 1 aliphatic rings. The first-order valence-corrected chi connectivity index (χ1v) is 6.50. The number of fused-ring (bicyclic) bond motifs is 1. The van der Waals surface area contributed by atoms with E-state index in [1.165, 1.54) is 16.8 Å². The number of ether oxygens (including phenoxy) is 1. The van der Waals surface area contributed by atoms with Crippen molar-refractivity contribution in [2.24, 2.45) is 0 Å². The third-order valence-corrected chi connectivity index (χ3v) is 3.43. The van der Waals surface area contributed by atoms with Gasteiger partial charge in [-0.05, 0) is 29.3 Å². The first-order chi connectivity index (χ1) is 9.36. The Bertz CT molecular complexity index is 586. The second-order valence-electron chi connectivity index (χ2n) is 4.69. The average Bonchev–Trinajstić information content (AvgIpc) is 2.48. The molecule has 0 aromatic heterocycles. The zero-order valence-electron chi connectivity index (χ0n) is 11.0. The molecule has 0 atom stereocenters. The summed E-state index contributed by atoms with van der Waals surface area (Å²) in [5.74, 6) is 0.905. The molecule has 19 heavy (non-hydrogen) atoms. The zero-order chi connectivity index (χ0) is 13.1. The highest BCUT2D eigenvalue weighted by Crippen LogP contribution is 2.27. The minimum atomic E-state index is 0.905. The summed E-state index contributed by atoms with van der Waals surface area (Å²) in [5.41, 5.74) is 3.90. The van der Waals surface area contributed by atoms with Gasteiger partial charge in [-0.15, -0.1) is 0 Å². The predicted molar refractivity (Wildman–Crippen MR) is 79.5 cm³/mol. The van der Waals surface area contributed by atoms with Crippen molar-refractivity contribution >= 4 is 11.8 Å². The van der Waals surface area contributed by atoms with Gasteiger partial charge in [0.1, 0.15) is 5.75 Å². The fraction of sp³-hybridized carbons (Fsp3) is 0.176. The Morgan fingerprint density at radius 2 is 1.84 bits per heavy atom. The maximum absolute atomic E-state index is 5.19. The van der Waals surface area contributed by atoms with Crippen LogP contribution in [0.25, 0.3) is 6.08 Å². The molecule has 0 bridgehead atoms. The molecule has 0 N–H and O–H groups in total. The van der Waals surface area contributed by atoms with Crippen LogP contribution >= 0.6 is 0 Å². The fourth-order valence-corrected chi connectivity index (χ4v) is 2.42. The normalized spacial score (nSPS) is 13.2. The predicted octanol–water partition coefficient (Wildman–Crippen LogP) is 3.73. The lowest BCUT2D eigenvalue weighted by Gasteiger charge is -2.28. The number of hydrogen-bond donors (Lipinski definition) is 0. The van der Waals surface area contributed by atoms with E-state index in [9.17, 15) is 0 Å². The molecular formula is C17H17NO. The molecule has 1 heterocycles. The van der Waals surface area contributed by atoms with Gasteiger partial charge in [-0.1, -0.05) is 42.5 Å². The molecule has 0 unspecified atom stereocenters. The standard InChI is InChI=1S/C17H17NO/c1-19-16-10-8-14(9-11-16)13-18-12-4-6-15-5-2-3-7-17(15)18/h2-11H,12-13H2,1H3. The molecule has 0 saturated carbocycles. The molecule has 0 saturated heterocycles. The summed E-state index contributed by atoms with van der Waals surface area (Å²) in [5, 5.41) is 0. The summed E-state index contributed by atoms with van der Waals surface area (Å²) < 4.78 is 5.19. The molecule has 1 aliphatic heterocycles. The second-order valence-corrected chi connectivity index (χ2v) is 4.69. The van der Waals surface area contributed by atoms with Gasteiger partial charge in [0.25, 0.3) is 0 Å². The lowest BCUT2D eigenvalue weighted by Crippen LogP contribution is -2.25. The summed E-state index contributed by atoms with van der Waals surface area (Å²) in [7, 11) is 1.70. The summed E-state index contributed by atoms with van der Waals surface area (Å²) in [6.07, 6.45) is 4.41. The third kappa shape index (κ3) is 2.48. The number of para-hydroxylation sites is 1. The molecule has 96 valence electrons. The Balaban J connectivity index is 1.82. The maximum Gasteiger partial charge on any atom is 0.118 e. The highest BCUT2D eigenvalue weighted by molar-refractivity contribution is 5.71. The van der Waals surface area contributed by atoms with Gasteiger partial charge in [-0.2, -0.15) is 0 Å². The van der Waals surface area contributed by atoms with Crippen LogP contribution in [-0.4, -0.2) is 13.7 Å². The molecule has 2 nitrogen and oxygen atoms in total. The van der Waals surface area contributed by atoms with Crippen LogP contribution in [0.2, 0.25) is 0 Å². The lowest BCUT2D eigenvalue weighted by atomic mass is 10.1. The number of anilines is 1. The Morgan fingerprint density at radius 3 is 2.63 bits per heavy atom. The molecule has 0 spiro atoms. The molecule has 2 aromatic carbocycles. The van der Waals surface area contributed by atoms with Crippen LogP contribution in [0.3, 0.4) is 0 Å². The summed E-state index contributed by atoms with van der Waals surface area (Å²) >= 11 is 0. The monoisotopic (exact) mass is 251 g/mol. The van der Waals surface area contributed by atoms with E-state index in [-0.39, 0.29) is 0 Å². The minimum absolute atomic E-state index is 0.905. The molecule has 0 fully saturated rings. The highest BCUT2D eigenvalue weighted by Gasteiger charge is 2.12. The third-order valence-electron chi connectivity index (χ3n) is 3.43. The zero-order valence-corrected chi connectivity index (χ0v) is 11.0. The van der Waals surface area contributed by atoms with Gasteiger partial charge in [0.2, 0.25) is 0 Å². The van der Waals surface area contributed by atoms with E-state index < -0.39 is 0 Å². The summed E-state index contributed by atoms with van der Waals surface area (Å²) in [4.78, 5) is 2.39. The van der Waals surface area contributed by atoms with E-state index in [1.807, 2.05) is 12.1 Å². The van der Waals surface area contributed by atoms with Crippen LogP contribution in [-0.2, 0) is 6.54 Å². The fourth-order valence-electron chi connectivity index (χ4n) is 2.42. The van der Waals surface area contributed by atoms with Crippen molar-refractivity contribution in [2.45, 2.75) is 6.54 Å². The van der Waals surface area contributed by atoms with Crippen molar-refractivity contribution in [3.8, 4) is 5.75 Å².